The van der Waals surface area contributed by atoms with Crippen molar-refractivity contribution in [1.82, 2.24) is 0 Å². The van der Waals surface area contributed by atoms with Gasteiger partial charge in [-0.3, -0.25) is 0 Å². The van der Waals surface area contributed by atoms with Crippen LogP contribution in [0.25, 0.3) is 0 Å². The molecule has 3 rings (SSSR count). The van der Waals surface area contributed by atoms with E-state index in [9.17, 15) is 9.59 Å². The van der Waals surface area contributed by atoms with E-state index >= 15 is 0 Å². The van der Waals surface area contributed by atoms with Gasteiger partial charge in [0.05, 0.1) is 11.1 Å². The van der Waals surface area contributed by atoms with Crippen LogP contribution in [0.2, 0.25) is 0 Å². The monoisotopic (exact) mass is 366 g/mol. The number of hydrogen-bond acceptors (Lipinski definition) is 4. The summed E-state index contributed by atoms with van der Waals surface area (Å²) in [5, 5.41) is 0. The largest absolute Gasteiger partial charge is 0.368 e. The summed E-state index contributed by atoms with van der Waals surface area (Å²) in [4.78, 5) is 24.2. The SMILES string of the molecule is O=C(OC#Cc1ccccc1)c1cccc(C(=O)OC#Cc2ccccc2)c1. The first kappa shape index (κ1) is 18.5. The van der Waals surface area contributed by atoms with E-state index in [0.29, 0.717) is 0 Å². The number of hydrogen-bond donors (Lipinski definition) is 0. The maximum absolute atomic E-state index is 12.1. The standard InChI is InChI=1S/C24H14O4/c25-23(27-16-14-19-8-3-1-4-9-19)21-12-7-13-22(18-21)24(26)28-17-15-20-10-5-2-6-11-20/h1-13,18H. The third kappa shape index (κ3) is 5.36. The van der Waals surface area contributed by atoms with E-state index in [1.165, 1.54) is 18.2 Å². The Morgan fingerprint density at radius 1 is 0.571 bits per heavy atom. The lowest BCUT2D eigenvalue weighted by Crippen LogP contribution is -2.05. The molecule has 0 aliphatic rings. The Morgan fingerprint density at radius 2 is 1.00 bits per heavy atom. The van der Waals surface area contributed by atoms with E-state index in [0.717, 1.165) is 11.1 Å². The molecule has 0 bridgehead atoms. The Morgan fingerprint density at radius 3 is 1.43 bits per heavy atom. The Balaban J connectivity index is 1.63. The number of ether oxygens (including phenoxy) is 2. The molecule has 0 atom stereocenters. The lowest BCUT2D eigenvalue weighted by molar-refractivity contribution is 0.0690. The van der Waals surface area contributed by atoms with E-state index in [1.54, 1.807) is 30.3 Å². The molecule has 0 unspecified atom stereocenters. The van der Waals surface area contributed by atoms with Crippen LogP contribution in [0.15, 0.2) is 84.9 Å². The van der Waals surface area contributed by atoms with Crippen molar-refractivity contribution in [3.05, 3.63) is 107 Å². The molecule has 28 heavy (non-hydrogen) atoms. The van der Waals surface area contributed by atoms with Crippen LogP contribution in [-0.4, -0.2) is 11.9 Å². The summed E-state index contributed by atoms with van der Waals surface area (Å²) < 4.78 is 9.85. The van der Waals surface area contributed by atoms with Crippen molar-refractivity contribution in [2.75, 3.05) is 0 Å². The summed E-state index contributed by atoms with van der Waals surface area (Å²) in [5.74, 6) is 4.13. The van der Waals surface area contributed by atoms with Gasteiger partial charge in [0.25, 0.3) is 0 Å². The molecule has 0 saturated heterocycles. The average molecular weight is 366 g/mol. The zero-order valence-electron chi connectivity index (χ0n) is 14.7. The molecule has 0 amide bonds. The van der Waals surface area contributed by atoms with E-state index in [1.807, 2.05) is 36.4 Å². The van der Waals surface area contributed by atoms with Crippen LogP contribution in [0.4, 0.5) is 0 Å². The average Bonchev–Trinajstić information content (AvgIpc) is 2.75. The minimum Gasteiger partial charge on any atom is -0.368 e. The number of esters is 2. The fourth-order valence-corrected chi connectivity index (χ4v) is 2.20. The fraction of sp³-hybridized carbons (Fsp3) is 0. The fourth-order valence-electron chi connectivity index (χ4n) is 2.20. The van der Waals surface area contributed by atoms with E-state index in [2.05, 4.69) is 24.1 Å². The van der Waals surface area contributed by atoms with Crippen molar-refractivity contribution < 1.29 is 19.1 Å². The summed E-state index contributed by atoms with van der Waals surface area (Å²) in [7, 11) is 0. The van der Waals surface area contributed by atoms with Gasteiger partial charge >= 0.3 is 11.9 Å². The van der Waals surface area contributed by atoms with Gasteiger partial charge in [0.2, 0.25) is 0 Å². The van der Waals surface area contributed by atoms with E-state index < -0.39 is 11.9 Å². The predicted molar refractivity (Wildman–Crippen MR) is 104 cm³/mol. The van der Waals surface area contributed by atoms with E-state index in [4.69, 9.17) is 9.47 Å². The molecular weight excluding hydrogens is 352 g/mol. The molecule has 4 nitrogen and oxygen atoms in total. The highest BCUT2D eigenvalue weighted by atomic mass is 16.5. The lowest BCUT2D eigenvalue weighted by Gasteiger charge is -2.00. The van der Waals surface area contributed by atoms with Crippen molar-refractivity contribution >= 4 is 11.9 Å². The topological polar surface area (TPSA) is 52.6 Å². The molecule has 0 fully saturated rings. The second kappa shape index (κ2) is 9.43. The number of carbonyl (C=O) groups is 2. The molecule has 0 heterocycles. The molecule has 3 aromatic rings. The number of rotatable bonds is 2. The minimum absolute atomic E-state index is 0.188. The van der Waals surface area contributed by atoms with Crippen LogP contribution in [0.3, 0.4) is 0 Å². The zero-order chi connectivity index (χ0) is 19.6. The third-order valence-electron chi connectivity index (χ3n) is 3.56. The summed E-state index contributed by atoms with van der Waals surface area (Å²) in [5.41, 5.74) is 1.83. The number of benzene rings is 3. The van der Waals surface area contributed by atoms with Crippen LogP contribution in [0.5, 0.6) is 0 Å². The summed E-state index contributed by atoms with van der Waals surface area (Å²) >= 11 is 0. The van der Waals surface area contributed by atoms with Crippen molar-refractivity contribution in [1.29, 1.82) is 0 Å². The van der Waals surface area contributed by atoms with Gasteiger partial charge in [-0.25, -0.2) is 9.59 Å². The first-order chi connectivity index (χ1) is 13.7. The van der Waals surface area contributed by atoms with Gasteiger partial charge in [-0.2, -0.15) is 0 Å². The van der Waals surface area contributed by atoms with Gasteiger partial charge in [-0.15, -0.1) is 0 Å². The molecule has 134 valence electrons. The Kier molecular flexibility index (Phi) is 6.23. The molecule has 3 aromatic carbocycles. The van der Waals surface area contributed by atoms with Crippen LogP contribution in [-0.2, 0) is 9.47 Å². The minimum atomic E-state index is -0.659. The zero-order valence-corrected chi connectivity index (χ0v) is 14.7. The van der Waals surface area contributed by atoms with Gasteiger partial charge in [-0.05, 0) is 54.3 Å². The maximum Gasteiger partial charge on any atom is 0.352 e. The molecule has 0 radical (unpaired) electrons. The highest BCUT2D eigenvalue weighted by molar-refractivity contribution is 5.95. The molecule has 0 N–H and O–H groups in total. The van der Waals surface area contributed by atoms with Crippen LogP contribution in [0, 0.1) is 24.1 Å². The molecule has 0 saturated carbocycles. The van der Waals surface area contributed by atoms with Crippen LogP contribution < -0.4 is 0 Å². The van der Waals surface area contributed by atoms with Gasteiger partial charge in [-0.1, -0.05) is 42.5 Å². The van der Waals surface area contributed by atoms with Crippen molar-refractivity contribution in [2.24, 2.45) is 0 Å². The second-order valence-electron chi connectivity index (χ2n) is 5.55. The molecule has 0 aliphatic carbocycles. The van der Waals surface area contributed by atoms with Gasteiger partial charge in [0.15, 0.2) is 0 Å². The highest BCUT2D eigenvalue weighted by Gasteiger charge is 2.12. The Bertz CT molecular complexity index is 1010. The molecule has 0 aromatic heterocycles. The van der Waals surface area contributed by atoms with Crippen LogP contribution in [0.1, 0.15) is 31.8 Å². The molecule has 0 aliphatic heterocycles. The smallest absolute Gasteiger partial charge is 0.352 e. The van der Waals surface area contributed by atoms with Crippen LogP contribution >= 0.6 is 0 Å². The molecule has 4 heteroatoms. The summed E-state index contributed by atoms with van der Waals surface area (Å²) in [6, 6.07) is 24.3. The second-order valence-corrected chi connectivity index (χ2v) is 5.55. The third-order valence-corrected chi connectivity index (χ3v) is 3.56. The summed E-state index contributed by atoms with van der Waals surface area (Å²) in [6.45, 7) is 0. The van der Waals surface area contributed by atoms with Crippen molar-refractivity contribution in [2.45, 2.75) is 0 Å². The normalized spacial score (nSPS) is 9.14. The maximum atomic E-state index is 12.1. The molecule has 0 spiro atoms. The Labute approximate surface area is 162 Å². The predicted octanol–water partition coefficient (Wildman–Crippen LogP) is 4.02. The van der Waals surface area contributed by atoms with Gasteiger partial charge < -0.3 is 9.47 Å². The van der Waals surface area contributed by atoms with E-state index in [-0.39, 0.29) is 11.1 Å². The van der Waals surface area contributed by atoms with Gasteiger partial charge in [0, 0.05) is 11.1 Å². The summed E-state index contributed by atoms with van der Waals surface area (Å²) in [6.07, 6.45) is 4.73. The highest BCUT2D eigenvalue weighted by Crippen LogP contribution is 2.08. The first-order valence-corrected chi connectivity index (χ1v) is 8.37. The van der Waals surface area contributed by atoms with Crippen molar-refractivity contribution in [3.8, 4) is 24.1 Å². The quantitative estimate of drug-likeness (QED) is 0.508. The first-order valence-electron chi connectivity index (χ1n) is 8.37. The van der Waals surface area contributed by atoms with Crippen molar-refractivity contribution in [3.63, 3.8) is 0 Å². The molecular formula is C24H14O4. The lowest BCUT2D eigenvalue weighted by atomic mass is 10.1. The number of carbonyl (C=O) groups excluding carboxylic acids is 2. The Hall–Kier alpha value is -4.28. The van der Waals surface area contributed by atoms with Gasteiger partial charge in [0.1, 0.15) is 12.2 Å².